The molecule has 1 unspecified atom stereocenters. The highest BCUT2D eigenvalue weighted by Crippen LogP contribution is 2.30. The molecular weight excluding hydrogens is 256 g/mol. The molecule has 110 valence electrons. The molecule has 1 aliphatic rings. The number of hydrogen-bond acceptors (Lipinski definition) is 4. The van der Waals surface area contributed by atoms with Crippen molar-refractivity contribution in [2.24, 2.45) is 5.92 Å². The summed E-state index contributed by atoms with van der Waals surface area (Å²) in [7, 11) is 0. The molecule has 1 aliphatic carbocycles. The van der Waals surface area contributed by atoms with Gasteiger partial charge in [-0.25, -0.2) is 0 Å². The number of nitrogens with zero attached hydrogens (tertiary/aromatic N) is 2. The van der Waals surface area contributed by atoms with E-state index in [2.05, 4.69) is 4.98 Å². The van der Waals surface area contributed by atoms with E-state index >= 15 is 0 Å². The van der Waals surface area contributed by atoms with Gasteiger partial charge in [-0.05, 0) is 45.4 Å². The third-order valence-electron chi connectivity index (χ3n) is 4.38. The number of hydrogen-bond donors (Lipinski definition) is 1. The second-order valence-electron chi connectivity index (χ2n) is 5.77. The average molecular weight is 278 g/mol. The molecule has 5 heteroatoms. The van der Waals surface area contributed by atoms with Crippen molar-refractivity contribution in [3.63, 3.8) is 0 Å². The lowest BCUT2D eigenvalue weighted by Gasteiger charge is -2.17. The Balaban J connectivity index is 2.06. The van der Waals surface area contributed by atoms with Gasteiger partial charge in [0.1, 0.15) is 0 Å². The normalized spacial score (nSPS) is 17.4. The van der Waals surface area contributed by atoms with Gasteiger partial charge in [0.25, 0.3) is 5.69 Å². The molecule has 1 heterocycles. The highest BCUT2D eigenvalue weighted by molar-refractivity contribution is 5.47. The third kappa shape index (κ3) is 3.15. The zero-order valence-corrected chi connectivity index (χ0v) is 12.1. The number of rotatable bonds is 5. The first kappa shape index (κ1) is 14.9. The van der Waals surface area contributed by atoms with Crippen LogP contribution >= 0.6 is 0 Å². The maximum Gasteiger partial charge on any atom is 0.278 e. The molecule has 1 fully saturated rings. The summed E-state index contributed by atoms with van der Waals surface area (Å²) in [6.45, 7) is 3.45. The van der Waals surface area contributed by atoms with E-state index in [0.717, 1.165) is 18.5 Å². The predicted molar refractivity (Wildman–Crippen MR) is 76.7 cm³/mol. The molecule has 1 aromatic heterocycles. The van der Waals surface area contributed by atoms with Crippen LogP contribution in [-0.4, -0.2) is 21.1 Å². The molecule has 0 radical (unpaired) electrons. The van der Waals surface area contributed by atoms with Gasteiger partial charge >= 0.3 is 0 Å². The van der Waals surface area contributed by atoms with Crippen LogP contribution in [0.15, 0.2) is 6.20 Å². The fourth-order valence-corrected chi connectivity index (χ4v) is 3.16. The fourth-order valence-electron chi connectivity index (χ4n) is 3.16. The Morgan fingerprint density at radius 1 is 1.45 bits per heavy atom. The molecule has 1 atom stereocenters. The molecule has 0 spiro atoms. The van der Waals surface area contributed by atoms with Gasteiger partial charge in [0.15, 0.2) is 0 Å². The molecule has 5 nitrogen and oxygen atoms in total. The molecule has 0 saturated heterocycles. The van der Waals surface area contributed by atoms with Crippen molar-refractivity contribution in [3.05, 3.63) is 33.1 Å². The Hall–Kier alpha value is -1.49. The van der Waals surface area contributed by atoms with Crippen LogP contribution in [0.5, 0.6) is 0 Å². The summed E-state index contributed by atoms with van der Waals surface area (Å²) in [6, 6.07) is 0. The number of pyridine rings is 1. The maximum absolute atomic E-state index is 11.1. The van der Waals surface area contributed by atoms with E-state index in [1.807, 2.05) is 0 Å². The zero-order chi connectivity index (χ0) is 14.7. The highest BCUT2D eigenvalue weighted by Gasteiger charge is 2.24. The number of nitro groups is 1. The molecule has 0 aliphatic heterocycles. The Bertz CT molecular complexity index is 496. The van der Waals surface area contributed by atoms with Crippen LogP contribution in [0.2, 0.25) is 0 Å². The molecule has 1 N–H and O–H groups in total. The van der Waals surface area contributed by atoms with E-state index in [-0.39, 0.29) is 16.7 Å². The van der Waals surface area contributed by atoms with Crippen molar-refractivity contribution in [3.8, 4) is 0 Å². The second-order valence-corrected chi connectivity index (χ2v) is 5.77. The van der Waals surface area contributed by atoms with Crippen molar-refractivity contribution < 1.29 is 10.0 Å². The topological polar surface area (TPSA) is 76.3 Å². The quantitative estimate of drug-likeness (QED) is 0.663. The molecular formula is C15H22N2O3. The Morgan fingerprint density at radius 3 is 2.70 bits per heavy atom. The summed E-state index contributed by atoms with van der Waals surface area (Å²) < 4.78 is 0. The average Bonchev–Trinajstić information content (AvgIpc) is 2.91. The summed E-state index contributed by atoms with van der Waals surface area (Å²) in [5.74, 6) is 0.399. The second kappa shape index (κ2) is 6.31. The Morgan fingerprint density at radius 2 is 2.10 bits per heavy atom. The third-order valence-corrected chi connectivity index (χ3v) is 4.38. The number of aliphatic hydroxyl groups excluding tert-OH is 1. The van der Waals surface area contributed by atoms with E-state index in [4.69, 9.17) is 0 Å². The summed E-state index contributed by atoms with van der Waals surface area (Å²) in [6.07, 6.45) is 7.10. The summed E-state index contributed by atoms with van der Waals surface area (Å²) in [5, 5.41) is 21.2. The van der Waals surface area contributed by atoms with E-state index in [1.54, 1.807) is 20.0 Å². The van der Waals surface area contributed by atoms with Gasteiger partial charge in [-0.3, -0.25) is 15.1 Å². The molecule has 0 bridgehead atoms. The summed E-state index contributed by atoms with van der Waals surface area (Å²) in [4.78, 5) is 15.0. The van der Waals surface area contributed by atoms with E-state index in [1.165, 1.54) is 12.8 Å². The lowest BCUT2D eigenvalue weighted by atomic mass is 9.95. The van der Waals surface area contributed by atoms with Crippen molar-refractivity contribution in [2.75, 3.05) is 0 Å². The molecule has 0 aromatic carbocycles. The predicted octanol–water partition coefficient (Wildman–Crippen LogP) is 3.09. The summed E-state index contributed by atoms with van der Waals surface area (Å²) >= 11 is 0. The Kier molecular flexibility index (Phi) is 4.70. The summed E-state index contributed by atoms with van der Waals surface area (Å²) in [5.41, 5.74) is 2.12. The van der Waals surface area contributed by atoms with Gasteiger partial charge in [-0.2, -0.15) is 0 Å². The van der Waals surface area contributed by atoms with Crippen LogP contribution in [0.1, 0.15) is 48.9 Å². The molecule has 0 amide bonds. The van der Waals surface area contributed by atoms with E-state index in [0.29, 0.717) is 29.9 Å². The molecule has 2 rings (SSSR count). The van der Waals surface area contributed by atoms with Crippen LogP contribution < -0.4 is 0 Å². The minimum atomic E-state index is -0.344. The monoisotopic (exact) mass is 278 g/mol. The first-order valence-corrected chi connectivity index (χ1v) is 7.28. The van der Waals surface area contributed by atoms with Crippen LogP contribution in [0.4, 0.5) is 5.69 Å². The number of aliphatic hydroxyl groups is 1. The SMILES string of the molecule is Cc1cnc(CCC(O)C2CCCC2)c(C)c1[N+](=O)[O-]. The van der Waals surface area contributed by atoms with Crippen molar-refractivity contribution in [1.82, 2.24) is 4.98 Å². The minimum Gasteiger partial charge on any atom is -0.393 e. The van der Waals surface area contributed by atoms with Crippen LogP contribution in [-0.2, 0) is 6.42 Å². The lowest BCUT2D eigenvalue weighted by Crippen LogP contribution is -2.18. The van der Waals surface area contributed by atoms with Gasteiger partial charge in [0.2, 0.25) is 0 Å². The van der Waals surface area contributed by atoms with Crippen LogP contribution in [0.25, 0.3) is 0 Å². The minimum absolute atomic E-state index is 0.158. The standard InChI is InChI=1S/C15H22N2O3/c1-10-9-16-13(11(2)15(10)17(19)20)7-8-14(18)12-5-3-4-6-12/h9,12,14,18H,3-8H2,1-2H3. The van der Waals surface area contributed by atoms with Gasteiger partial charge in [-0.1, -0.05) is 12.8 Å². The van der Waals surface area contributed by atoms with Crippen molar-refractivity contribution in [1.29, 1.82) is 0 Å². The number of aromatic nitrogens is 1. The Labute approximate surface area is 119 Å². The van der Waals surface area contributed by atoms with Gasteiger partial charge in [0, 0.05) is 17.3 Å². The fraction of sp³-hybridized carbons (Fsp3) is 0.667. The van der Waals surface area contributed by atoms with Gasteiger partial charge < -0.3 is 5.11 Å². The highest BCUT2D eigenvalue weighted by atomic mass is 16.6. The van der Waals surface area contributed by atoms with Gasteiger partial charge in [0.05, 0.1) is 16.7 Å². The van der Waals surface area contributed by atoms with E-state index in [9.17, 15) is 15.2 Å². The molecule has 20 heavy (non-hydrogen) atoms. The van der Waals surface area contributed by atoms with Crippen LogP contribution in [0.3, 0.4) is 0 Å². The first-order valence-electron chi connectivity index (χ1n) is 7.28. The van der Waals surface area contributed by atoms with Gasteiger partial charge in [-0.15, -0.1) is 0 Å². The van der Waals surface area contributed by atoms with Crippen molar-refractivity contribution >= 4 is 5.69 Å². The first-order chi connectivity index (χ1) is 9.50. The number of aryl methyl sites for hydroxylation is 2. The maximum atomic E-state index is 11.1. The molecule has 1 aromatic rings. The largest absolute Gasteiger partial charge is 0.393 e. The van der Waals surface area contributed by atoms with E-state index < -0.39 is 0 Å². The lowest BCUT2D eigenvalue weighted by molar-refractivity contribution is -0.386. The van der Waals surface area contributed by atoms with Crippen molar-refractivity contribution in [2.45, 2.75) is 58.5 Å². The zero-order valence-electron chi connectivity index (χ0n) is 12.1. The molecule has 1 saturated carbocycles. The smallest absolute Gasteiger partial charge is 0.278 e. The van der Waals surface area contributed by atoms with Crippen LogP contribution in [0, 0.1) is 29.9 Å².